The van der Waals surface area contributed by atoms with Crippen LogP contribution in [0.5, 0.6) is 0 Å². The van der Waals surface area contributed by atoms with Crippen molar-refractivity contribution in [2.45, 2.75) is 36.9 Å². The summed E-state index contributed by atoms with van der Waals surface area (Å²) in [5.41, 5.74) is 0.948. The van der Waals surface area contributed by atoms with Crippen LogP contribution in [0.2, 0.25) is 0 Å². The molecule has 5 nitrogen and oxygen atoms in total. The van der Waals surface area contributed by atoms with Crippen molar-refractivity contribution < 1.29 is 17.9 Å². The van der Waals surface area contributed by atoms with E-state index >= 15 is 0 Å². The van der Waals surface area contributed by atoms with Crippen LogP contribution in [-0.2, 0) is 19.5 Å². The van der Waals surface area contributed by atoms with Gasteiger partial charge in [-0.1, -0.05) is 12.1 Å². The molecule has 2 heterocycles. The van der Waals surface area contributed by atoms with Gasteiger partial charge >= 0.3 is 0 Å². The molecule has 0 bridgehead atoms. The topological polar surface area (TPSA) is 55.8 Å². The number of aryl methyl sites for hydroxylation is 1. The molecule has 0 saturated carbocycles. The number of benzene rings is 1. The van der Waals surface area contributed by atoms with E-state index in [4.69, 9.17) is 9.47 Å². The second-order valence-electron chi connectivity index (χ2n) is 5.68. The fourth-order valence-electron chi connectivity index (χ4n) is 2.90. The van der Waals surface area contributed by atoms with Gasteiger partial charge in [0.05, 0.1) is 18.1 Å². The first-order valence-electron chi connectivity index (χ1n) is 7.37. The van der Waals surface area contributed by atoms with Crippen LogP contribution < -0.4 is 0 Å². The number of hydrogen-bond acceptors (Lipinski definition) is 4. The summed E-state index contributed by atoms with van der Waals surface area (Å²) in [7, 11) is -3.42. The van der Waals surface area contributed by atoms with Crippen LogP contribution in [-0.4, -0.2) is 44.8 Å². The summed E-state index contributed by atoms with van der Waals surface area (Å²) in [5.74, 6) is -0.559. The Balaban J connectivity index is 1.74. The average molecular weight is 311 g/mol. The molecule has 0 radical (unpaired) electrons. The number of hydrogen-bond donors (Lipinski definition) is 0. The Morgan fingerprint density at radius 3 is 2.43 bits per heavy atom. The van der Waals surface area contributed by atoms with Crippen molar-refractivity contribution in [2.24, 2.45) is 0 Å². The highest BCUT2D eigenvalue weighted by molar-refractivity contribution is 7.89. The number of nitrogens with zero attached hydrogens (tertiary/aromatic N) is 1. The van der Waals surface area contributed by atoms with E-state index < -0.39 is 15.8 Å². The summed E-state index contributed by atoms with van der Waals surface area (Å²) in [6, 6.07) is 7.04. The van der Waals surface area contributed by atoms with E-state index in [1.165, 1.54) is 4.31 Å². The minimum Gasteiger partial charge on any atom is -0.350 e. The number of piperidine rings is 1. The van der Waals surface area contributed by atoms with E-state index in [0.29, 0.717) is 44.0 Å². The quantitative estimate of drug-likeness (QED) is 0.837. The summed E-state index contributed by atoms with van der Waals surface area (Å²) in [4.78, 5) is 0.365. The highest BCUT2D eigenvalue weighted by atomic mass is 32.2. The average Bonchev–Trinajstić information content (AvgIpc) is 2.48. The Morgan fingerprint density at radius 2 is 1.81 bits per heavy atom. The van der Waals surface area contributed by atoms with Crippen molar-refractivity contribution in [2.75, 3.05) is 26.3 Å². The van der Waals surface area contributed by atoms with E-state index in [-0.39, 0.29) is 0 Å². The zero-order valence-electron chi connectivity index (χ0n) is 12.2. The molecule has 0 atom stereocenters. The normalized spacial score (nSPS) is 23.3. The molecule has 0 aliphatic carbocycles. The van der Waals surface area contributed by atoms with Crippen LogP contribution in [0.3, 0.4) is 0 Å². The van der Waals surface area contributed by atoms with E-state index in [1.54, 1.807) is 18.2 Å². The summed E-state index contributed by atoms with van der Waals surface area (Å²) in [5, 5.41) is 0. The lowest BCUT2D eigenvalue weighted by Crippen LogP contribution is -2.51. The third-order valence-electron chi connectivity index (χ3n) is 4.13. The van der Waals surface area contributed by atoms with Crippen molar-refractivity contribution in [1.82, 2.24) is 4.31 Å². The highest BCUT2D eigenvalue weighted by Crippen LogP contribution is 2.32. The number of ether oxygens (including phenoxy) is 2. The maximum Gasteiger partial charge on any atom is 0.243 e. The van der Waals surface area contributed by atoms with Gasteiger partial charge < -0.3 is 9.47 Å². The van der Waals surface area contributed by atoms with Gasteiger partial charge in [0.1, 0.15) is 0 Å². The Hall–Kier alpha value is -0.950. The van der Waals surface area contributed by atoms with Gasteiger partial charge in [-0.05, 0) is 31.0 Å². The van der Waals surface area contributed by atoms with Gasteiger partial charge in [0.2, 0.25) is 10.0 Å². The maximum atomic E-state index is 12.7. The van der Waals surface area contributed by atoms with Gasteiger partial charge in [-0.3, -0.25) is 0 Å². The van der Waals surface area contributed by atoms with Crippen LogP contribution in [0, 0.1) is 6.92 Å². The van der Waals surface area contributed by atoms with Crippen LogP contribution in [0.15, 0.2) is 29.2 Å². The van der Waals surface area contributed by atoms with Gasteiger partial charge in [0, 0.05) is 25.9 Å². The first-order valence-corrected chi connectivity index (χ1v) is 8.81. The van der Waals surface area contributed by atoms with Gasteiger partial charge in [-0.15, -0.1) is 0 Å². The Morgan fingerprint density at radius 1 is 1.14 bits per heavy atom. The molecule has 0 aromatic heterocycles. The molecule has 2 fully saturated rings. The van der Waals surface area contributed by atoms with Crippen LogP contribution in [0.25, 0.3) is 0 Å². The van der Waals surface area contributed by atoms with Crippen LogP contribution in [0.1, 0.15) is 24.8 Å². The minimum absolute atomic E-state index is 0.365. The lowest BCUT2D eigenvalue weighted by atomic mass is 10.0. The molecule has 2 aliphatic heterocycles. The van der Waals surface area contributed by atoms with Crippen molar-refractivity contribution >= 4 is 10.0 Å². The maximum absolute atomic E-state index is 12.7. The monoisotopic (exact) mass is 311 g/mol. The molecular weight excluding hydrogens is 290 g/mol. The molecule has 2 saturated heterocycles. The SMILES string of the molecule is Cc1cccc(S(=O)(=O)N2CCC3(CC2)OCCCO3)c1. The molecule has 116 valence electrons. The predicted octanol–water partition coefficient (Wildman–Crippen LogP) is 1.91. The highest BCUT2D eigenvalue weighted by Gasteiger charge is 2.41. The molecule has 0 amide bonds. The van der Waals surface area contributed by atoms with Crippen LogP contribution >= 0.6 is 0 Å². The number of sulfonamides is 1. The fourth-order valence-corrected chi connectivity index (χ4v) is 4.44. The largest absolute Gasteiger partial charge is 0.350 e. The molecule has 0 unspecified atom stereocenters. The molecule has 21 heavy (non-hydrogen) atoms. The summed E-state index contributed by atoms with van der Waals surface area (Å²) < 4.78 is 38.3. The van der Waals surface area contributed by atoms with E-state index in [0.717, 1.165) is 12.0 Å². The molecule has 6 heteroatoms. The standard InChI is InChI=1S/C15H21NO4S/c1-13-4-2-5-14(12-13)21(17,18)16-8-6-15(7-9-16)19-10-3-11-20-15/h2,4-5,12H,3,6-11H2,1H3. The Labute approximate surface area is 125 Å². The second-order valence-corrected chi connectivity index (χ2v) is 7.62. The van der Waals surface area contributed by atoms with Gasteiger partial charge in [0.15, 0.2) is 5.79 Å². The summed E-state index contributed by atoms with van der Waals surface area (Å²) >= 11 is 0. The molecule has 2 aliphatic rings. The molecule has 0 N–H and O–H groups in total. The molecule has 1 aromatic rings. The second kappa shape index (κ2) is 5.68. The first kappa shape index (κ1) is 15.0. The van der Waals surface area contributed by atoms with Crippen molar-refractivity contribution in [3.05, 3.63) is 29.8 Å². The van der Waals surface area contributed by atoms with E-state index in [9.17, 15) is 8.42 Å². The van der Waals surface area contributed by atoms with Gasteiger partial charge in [-0.2, -0.15) is 4.31 Å². The van der Waals surface area contributed by atoms with Crippen molar-refractivity contribution in [3.8, 4) is 0 Å². The fraction of sp³-hybridized carbons (Fsp3) is 0.600. The lowest BCUT2D eigenvalue weighted by molar-refractivity contribution is -0.280. The van der Waals surface area contributed by atoms with Gasteiger partial charge in [0.25, 0.3) is 0 Å². The summed E-state index contributed by atoms with van der Waals surface area (Å²) in [6.45, 7) is 4.18. The molecular formula is C15H21NO4S. The smallest absolute Gasteiger partial charge is 0.243 e. The van der Waals surface area contributed by atoms with E-state index in [2.05, 4.69) is 0 Å². The first-order chi connectivity index (χ1) is 10.0. The number of rotatable bonds is 2. The zero-order valence-corrected chi connectivity index (χ0v) is 13.1. The predicted molar refractivity (Wildman–Crippen MR) is 78.4 cm³/mol. The minimum atomic E-state index is -3.42. The van der Waals surface area contributed by atoms with Gasteiger partial charge in [-0.25, -0.2) is 8.42 Å². The zero-order chi connectivity index (χ0) is 14.9. The molecule has 1 aromatic carbocycles. The van der Waals surface area contributed by atoms with E-state index in [1.807, 2.05) is 13.0 Å². The lowest BCUT2D eigenvalue weighted by Gasteiger charge is -2.42. The molecule has 3 rings (SSSR count). The third-order valence-corrected chi connectivity index (χ3v) is 6.03. The summed E-state index contributed by atoms with van der Waals surface area (Å²) in [6.07, 6.45) is 2.10. The van der Waals surface area contributed by atoms with Crippen molar-refractivity contribution in [3.63, 3.8) is 0 Å². The third kappa shape index (κ3) is 2.99. The molecule has 1 spiro atoms. The van der Waals surface area contributed by atoms with Crippen LogP contribution in [0.4, 0.5) is 0 Å². The Kier molecular flexibility index (Phi) is 4.05. The Bertz CT molecular complexity index is 598. The van der Waals surface area contributed by atoms with Crippen molar-refractivity contribution in [1.29, 1.82) is 0 Å².